The Labute approximate surface area is 120 Å². The molecule has 7 heteroatoms. The predicted octanol–water partition coefficient (Wildman–Crippen LogP) is 0.335. The molecule has 0 aromatic carbocycles. The maximum Gasteiger partial charge on any atom is 0.326 e. The van der Waals surface area contributed by atoms with E-state index >= 15 is 0 Å². The first-order valence-corrected chi connectivity index (χ1v) is 7.23. The van der Waals surface area contributed by atoms with E-state index in [9.17, 15) is 24.3 Å². The van der Waals surface area contributed by atoms with Gasteiger partial charge < -0.3 is 10.2 Å². The molecule has 1 heterocycles. The summed E-state index contributed by atoms with van der Waals surface area (Å²) < 4.78 is 0. The molecule has 5 atom stereocenters. The number of carboxylic acid groups (broad SMARTS) is 2. The van der Waals surface area contributed by atoms with Crippen molar-refractivity contribution in [1.29, 1.82) is 0 Å². The summed E-state index contributed by atoms with van der Waals surface area (Å²) in [6.45, 7) is 0. The second-order valence-electron chi connectivity index (χ2n) is 6.22. The van der Waals surface area contributed by atoms with Gasteiger partial charge in [-0.05, 0) is 37.5 Å². The molecular weight excluding hydrogens is 278 g/mol. The Morgan fingerprint density at radius 3 is 2.05 bits per heavy atom. The molecule has 3 fully saturated rings. The minimum atomic E-state index is -1.36. The molecule has 0 unspecified atom stereocenters. The maximum absolute atomic E-state index is 12.5. The number of carbonyl (C=O) groups is 4. The molecule has 2 saturated carbocycles. The Balaban J connectivity index is 1.84. The van der Waals surface area contributed by atoms with Gasteiger partial charge in [0.05, 0.1) is 11.8 Å². The third kappa shape index (κ3) is 2.02. The van der Waals surface area contributed by atoms with E-state index in [1.807, 2.05) is 0 Å². The molecule has 0 aromatic rings. The number of imide groups is 1. The van der Waals surface area contributed by atoms with E-state index in [4.69, 9.17) is 5.11 Å². The summed E-state index contributed by atoms with van der Waals surface area (Å²) in [7, 11) is 0. The lowest BCUT2D eigenvalue weighted by Crippen LogP contribution is -2.46. The zero-order valence-electron chi connectivity index (χ0n) is 11.4. The predicted molar refractivity (Wildman–Crippen MR) is 68.0 cm³/mol. The van der Waals surface area contributed by atoms with E-state index in [-0.39, 0.29) is 36.5 Å². The minimum Gasteiger partial charge on any atom is -0.481 e. The molecule has 2 N–H and O–H groups in total. The Morgan fingerprint density at radius 1 is 1.10 bits per heavy atom. The van der Waals surface area contributed by atoms with Gasteiger partial charge in [-0.15, -0.1) is 0 Å². The number of hydrogen-bond donors (Lipinski definition) is 2. The lowest BCUT2D eigenvalue weighted by Gasteiger charge is -2.23. The Hall–Kier alpha value is -1.92. The van der Waals surface area contributed by atoms with Gasteiger partial charge in [-0.25, -0.2) is 4.79 Å². The van der Waals surface area contributed by atoms with Crippen LogP contribution in [0.2, 0.25) is 0 Å². The first kappa shape index (κ1) is 14.0. The van der Waals surface area contributed by atoms with Crippen LogP contribution < -0.4 is 0 Å². The molecule has 1 saturated heterocycles. The van der Waals surface area contributed by atoms with Crippen molar-refractivity contribution in [1.82, 2.24) is 4.90 Å². The van der Waals surface area contributed by atoms with Gasteiger partial charge in [0.25, 0.3) is 0 Å². The smallest absolute Gasteiger partial charge is 0.326 e. The number of rotatable bonds is 5. The monoisotopic (exact) mass is 295 g/mol. The number of fused-ring (bicyclic) bond motifs is 5. The number of aliphatic carboxylic acids is 2. The van der Waals surface area contributed by atoms with Gasteiger partial charge in [0.2, 0.25) is 11.8 Å². The largest absolute Gasteiger partial charge is 0.481 e. The summed E-state index contributed by atoms with van der Waals surface area (Å²) in [6.07, 6.45) is 2.11. The normalized spacial score (nSPS) is 35.1. The van der Waals surface area contributed by atoms with Gasteiger partial charge in [0.15, 0.2) is 0 Å². The lowest BCUT2D eigenvalue weighted by atomic mass is 9.81. The third-order valence-electron chi connectivity index (χ3n) is 5.19. The molecule has 21 heavy (non-hydrogen) atoms. The first-order chi connectivity index (χ1) is 9.91. The summed E-state index contributed by atoms with van der Waals surface area (Å²) in [4.78, 5) is 47.8. The Kier molecular flexibility index (Phi) is 3.22. The number of hydrogen-bond acceptors (Lipinski definition) is 4. The number of likely N-dealkylation sites (tertiary alicyclic amines) is 1. The standard InChI is InChI=1S/C14H17NO6/c16-9(17)4-3-8(14(20)21)15-12(18)10-6-1-2-7(5-6)11(10)13(15)19/h6-8,10-11H,1-5H2,(H,16,17)(H,20,21)/t6-,7+,8-,10-,11+/m0/s1. The first-order valence-electron chi connectivity index (χ1n) is 7.23. The second kappa shape index (κ2) is 4.82. The molecule has 2 amide bonds. The fourth-order valence-electron chi connectivity index (χ4n) is 4.36. The molecule has 1 aliphatic heterocycles. The Bertz CT molecular complexity index is 502. The third-order valence-corrected chi connectivity index (χ3v) is 5.19. The molecule has 2 bridgehead atoms. The number of nitrogens with zero attached hydrogens (tertiary/aromatic N) is 1. The average molecular weight is 295 g/mol. The molecule has 0 aromatic heterocycles. The fourth-order valence-corrected chi connectivity index (χ4v) is 4.36. The molecule has 114 valence electrons. The van der Waals surface area contributed by atoms with Gasteiger partial charge in [0, 0.05) is 6.42 Å². The Morgan fingerprint density at radius 2 is 1.62 bits per heavy atom. The summed E-state index contributed by atoms with van der Waals surface area (Å²) >= 11 is 0. The van der Waals surface area contributed by atoms with E-state index in [0.29, 0.717) is 0 Å². The molecule has 2 aliphatic carbocycles. The van der Waals surface area contributed by atoms with Crippen LogP contribution in [-0.2, 0) is 19.2 Å². The fraction of sp³-hybridized carbons (Fsp3) is 0.714. The number of carboxylic acids is 2. The van der Waals surface area contributed by atoms with E-state index in [2.05, 4.69) is 0 Å². The summed E-state index contributed by atoms with van der Waals surface area (Å²) in [5.41, 5.74) is 0. The van der Waals surface area contributed by atoms with Crippen LogP contribution in [0, 0.1) is 23.7 Å². The molecule has 7 nitrogen and oxygen atoms in total. The van der Waals surface area contributed by atoms with Crippen molar-refractivity contribution in [3.8, 4) is 0 Å². The van der Waals surface area contributed by atoms with Crippen LogP contribution in [0.3, 0.4) is 0 Å². The van der Waals surface area contributed by atoms with E-state index in [0.717, 1.165) is 24.2 Å². The highest BCUT2D eigenvalue weighted by Crippen LogP contribution is 2.56. The second-order valence-corrected chi connectivity index (χ2v) is 6.22. The van der Waals surface area contributed by atoms with E-state index in [1.54, 1.807) is 0 Å². The molecule has 3 rings (SSSR count). The topological polar surface area (TPSA) is 112 Å². The average Bonchev–Trinajstić information content (AvgIpc) is 3.06. The molecule has 3 aliphatic rings. The van der Waals surface area contributed by atoms with Crippen molar-refractivity contribution in [2.75, 3.05) is 0 Å². The van der Waals surface area contributed by atoms with E-state index in [1.165, 1.54) is 0 Å². The highest BCUT2D eigenvalue weighted by molar-refractivity contribution is 6.08. The van der Waals surface area contributed by atoms with Crippen LogP contribution in [0.5, 0.6) is 0 Å². The summed E-state index contributed by atoms with van der Waals surface area (Å²) in [6, 6.07) is -1.36. The molecular formula is C14H17NO6. The maximum atomic E-state index is 12.5. The lowest BCUT2D eigenvalue weighted by molar-refractivity contribution is -0.156. The zero-order valence-corrected chi connectivity index (χ0v) is 11.4. The summed E-state index contributed by atoms with van der Waals surface area (Å²) in [5.74, 6) is -3.63. The highest BCUT2D eigenvalue weighted by Gasteiger charge is 2.62. The minimum absolute atomic E-state index is 0.190. The highest BCUT2D eigenvalue weighted by atomic mass is 16.4. The van der Waals surface area contributed by atoms with Crippen molar-refractivity contribution < 1.29 is 29.4 Å². The molecule has 0 radical (unpaired) electrons. The van der Waals surface area contributed by atoms with Crippen LogP contribution >= 0.6 is 0 Å². The van der Waals surface area contributed by atoms with Gasteiger partial charge in [-0.3, -0.25) is 19.3 Å². The molecule has 0 spiro atoms. The van der Waals surface area contributed by atoms with E-state index < -0.39 is 29.8 Å². The van der Waals surface area contributed by atoms with Crippen LogP contribution in [0.25, 0.3) is 0 Å². The quantitative estimate of drug-likeness (QED) is 0.707. The van der Waals surface area contributed by atoms with Crippen molar-refractivity contribution in [3.05, 3.63) is 0 Å². The van der Waals surface area contributed by atoms with Crippen molar-refractivity contribution >= 4 is 23.8 Å². The number of carbonyl (C=O) groups excluding carboxylic acids is 2. The van der Waals surface area contributed by atoms with Crippen LogP contribution in [-0.4, -0.2) is 44.9 Å². The van der Waals surface area contributed by atoms with Crippen molar-refractivity contribution in [2.24, 2.45) is 23.7 Å². The van der Waals surface area contributed by atoms with Crippen LogP contribution in [0.1, 0.15) is 32.1 Å². The van der Waals surface area contributed by atoms with Crippen LogP contribution in [0.4, 0.5) is 0 Å². The zero-order chi connectivity index (χ0) is 15.3. The number of amides is 2. The SMILES string of the molecule is O=C(O)CC[C@@H](C(=O)O)N1C(=O)[C@@H]2[C@@H]3CC[C@@H](C3)[C@@H]2C1=O. The van der Waals surface area contributed by atoms with Crippen molar-refractivity contribution in [2.45, 2.75) is 38.1 Å². The van der Waals surface area contributed by atoms with Crippen molar-refractivity contribution in [3.63, 3.8) is 0 Å². The van der Waals surface area contributed by atoms with Crippen LogP contribution in [0.15, 0.2) is 0 Å². The van der Waals surface area contributed by atoms with Gasteiger partial charge >= 0.3 is 11.9 Å². The summed E-state index contributed by atoms with van der Waals surface area (Å²) in [5, 5.41) is 17.9. The van der Waals surface area contributed by atoms with Gasteiger partial charge in [0.1, 0.15) is 6.04 Å². The van der Waals surface area contributed by atoms with Gasteiger partial charge in [-0.1, -0.05) is 0 Å². The van der Waals surface area contributed by atoms with Gasteiger partial charge in [-0.2, -0.15) is 0 Å².